The number of aliphatic carboxylic acids is 1. The van der Waals surface area contributed by atoms with Crippen LogP contribution in [0, 0.1) is 0 Å². The van der Waals surface area contributed by atoms with E-state index in [0.717, 1.165) is 27.6 Å². The third-order valence-electron chi connectivity index (χ3n) is 6.74. The fourth-order valence-corrected chi connectivity index (χ4v) is 5.38. The van der Waals surface area contributed by atoms with Crippen LogP contribution in [0.4, 0.5) is 4.79 Å². The number of carbonyl (C=O) groups excluding carboxylic acids is 1. The molecule has 0 aliphatic rings. The Morgan fingerprint density at radius 1 is 0.978 bits per heavy atom. The topological polar surface area (TPSA) is 133 Å². The molecule has 0 aliphatic heterocycles. The van der Waals surface area contributed by atoms with Crippen LogP contribution in [0.5, 0.6) is 5.75 Å². The maximum Gasteiger partial charge on any atom is 0.407 e. The molecule has 1 aromatic heterocycles. The molecule has 240 valence electrons. The first-order valence-corrected chi connectivity index (χ1v) is 16.0. The summed E-state index contributed by atoms with van der Waals surface area (Å²) in [5.74, 6) is 0.209. The van der Waals surface area contributed by atoms with Gasteiger partial charge in [-0.1, -0.05) is 36.4 Å². The van der Waals surface area contributed by atoms with Crippen LogP contribution < -0.4 is 14.8 Å². The lowest BCUT2D eigenvalue weighted by atomic mass is 9.98. The van der Waals surface area contributed by atoms with E-state index in [2.05, 4.69) is 10.0 Å². The molecule has 2 atom stereocenters. The fraction of sp³-hybridized carbons (Fsp3) is 0.371. The van der Waals surface area contributed by atoms with Crippen molar-refractivity contribution in [2.24, 2.45) is 0 Å². The lowest BCUT2D eigenvalue weighted by molar-refractivity contribution is -0.136. The number of rotatable bonds is 11. The van der Waals surface area contributed by atoms with E-state index in [1.807, 2.05) is 97.0 Å². The van der Waals surface area contributed by atoms with Crippen LogP contribution in [0.2, 0.25) is 0 Å². The number of furan rings is 1. The summed E-state index contributed by atoms with van der Waals surface area (Å²) in [5, 5.41) is 13.0. The minimum absolute atomic E-state index is 0.142. The summed E-state index contributed by atoms with van der Waals surface area (Å²) in [7, 11) is 0. The molecule has 1 amide bonds. The molecule has 0 spiro atoms. The van der Waals surface area contributed by atoms with Gasteiger partial charge >= 0.3 is 12.1 Å². The van der Waals surface area contributed by atoms with E-state index in [9.17, 15) is 19.2 Å². The van der Waals surface area contributed by atoms with Crippen molar-refractivity contribution < 1.29 is 33.1 Å². The average molecular weight is 635 g/mol. The Hall–Kier alpha value is -3.99. The van der Waals surface area contributed by atoms with Gasteiger partial charge in [0.05, 0.1) is 6.42 Å². The SMILES string of the molecule is C[C@H](N[S@@+]([O-])C(C)(C)C)c1cc2cc(COc3ccccc3CC(=O)O)cc(-c3cccc(CNC(=O)OC(C)(C)C)c3)c2o1. The number of ether oxygens (including phenoxy) is 2. The third kappa shape index (κ3) is 9.50. The Kier molecular flexibility index (Phi) is 10.5. The first kappa shape index (κ1) is 33.9. The Labute approximate surface area is 267 Å². The number of hydrogen-bond donors (Lipinski definition) is 3. The second-order valence-electron chi connectivity index (χ2n) is 13.0. The molecule has 0 saturated heterocycles. The molecule has 0 bridgehead atoms. The lowest BCUT2D eigenvalue weighted by Gasteiger charge is -2.25. The monoisotopic (exact) mass is 634 g/mol. The minimum atomic E-state index is -1.30. The van der Waals surface area contributed by atoms with Gasteiger partial charge in [-0.2, -0.15) is 0 Å². The van der Waals surface area contributed by atoms with Gasteiger partial charge in [-0.25, -0.2) is 4.79 Å². The summed E-state index contributed by atoms with van der Waals surface area (Å²) in [4.78, 5) is 23.6. The summed E-state index contributed by atoms with van der Waals surface area (Å²) >= 11 is -1.30. The third-order valence-corrected chi connectivity index (χ3v) is 8.42. The van der Waals surface area contributed by atoms with Gasteiger partial charge in [-0.15, -0.1) is 4.72 Å². The van der Waals surface area contributed by atoms with E-state index in [1.54, 1.807) is 18.2 Å². The van der Waals surface area contributed by atoms with E-state index in [0.29, 0.717) is 22.7 Å². The maximum absolute atomic E-state index is 12.8. The van der Waals surface area contributed by atoms with Crippen LogP contribution in [-0.2, 0) is 40.5 Å². The van der Waals surface area contributed by atoms with E-state index in [-0.39, 0.29) is 25.6 Å². The standard InChI is InChI=1S/C35H42N2O7S/c1-22(37-45(41)35(5,6)7)30-18-27-16-24(21-42-29-14-9-8-12-26(29)19-31(38)39)17-28(32(27)43-30)25-13-10-11-23(15-25)20-36-33(40)44-34(2,3)4/h8-18,22,37H,19-21H2,1-7H3,(H,36,40)(H,38,39)/t22-,45-/m0/s1. The molecule has 10 heteroatoms. The fourth-order valence-electron chi connectivity index (χ4n) is 4.59. The van der Waals surface area contributed by atoms with E-state index >= 15 is 0 Å². The number of amides is 1. The number of nitrogens with one attached hydrogen (secondary N) is 2. The average Bonchev–Trinajstić information content (AvgIpc) is 3.38. The minimum Gasteiger partial charge on any atom is -0.598 e. The normalized spacial score (nSPS) is 13.3. The Balaban J connectivity index is 1.69. The molecule has 4 rings (SSSR count). The molecule has 9 nitrogen and oxygen atoms in total. The first-order valence-electron chi connectivity index (χ1n) is 14.8. The van der Waals surface area contributed by atoms with Crippen molar-refractivity contribution >= 4 is 34.4 Å². The van der Waals surface area contributed by atoms with E-state index < -0.39 is 33.8 Å². The molecule has 45 heavy (non-hydrogen) atoms. The van der Waals surface area contributed by atoms with Crippen molar-refractivity contribution in [3.05, 3.63) is 89.2 Å². The van der Waals surface area contributed by atoms with Crippen LogP contribution in [0.3, 0.4) is 0 Å². The maximum atomic E-state index is 12.8. The molecule has 4 aromatic rings. The highest BCUT2D eigenvalue weighted by molar-refractivity contribution is 7.90. The summed E-state index contributed by atoms with van der Waals surface area (Å²) < 4.78 is 33.4. The number of benzene rings is 3. The van der Waals surface area contributed by atoms with Crippen molar-refractivity contribution in [3.8, 4) is 16.9 Å². The van der Waals surface area contributed by atoms with Crippen molar-refractivity contribution in [3.63, 3.8) is 0 Å². The number of alkyl carbamates (subject to hydrolysis) is 1. The van der Waals surface area contributed by atoms with Gasteiger partial charge in [-0.3, -0.25) is 4.79 Å². The lowest BCUT2D eigenvalue weighted by Crippen LogP contribution is -2.40. The van der Waals surface area contributed by atoms with Crippen LogP contribution in [0.1, 0.15) is 77.0 Å². The van der Waals surface area contributed by atoms with E-state index in [4.69, 9.17) is 13.9 Å². The summed E-state index contributed by atoms with van der Waals surface area (Å²) in [6.45, 7) is 13.5. The Morgan fingerprint density at radius 3 is 2.40 bits per heavy atom. The Bertz CT molecular complexity index is 1650. The van der Waals surface area contributed by atoms with Gasteiger partial charge in [0.25, 0.3) is 0 Å². The van der Waals surface area contributed by atoms with E-state index in [1.165, 1.54) is 0 Å². The van der Waals surface area contributed by atoms with Crippen molar-refractivity contribution in [2.75, 3.05) is 0 Å². The largest absolute Gasteiger partial charge is 0.598 e. The quantitative estimate of drug-likeness (QED) is 0.145. The molecule has 0 fully saturated rings. The van der Waals surface area contributed by atoms with Gasteiger partial charge in [0.1, 0.15) is 40.1 Å². The van der Waals surface area contributed by atoms with Crippen molar-refractivity contribution in [2.45, 2.75) is 84.4 Å². The summed E-state index contributed by atoms with van der Waals surface area (Å²) in [6.07, 6.45) is -0.640. The van der Waals surface area contributed by atoms with Crippen molar-refractivity contribution in [1.29, 1.82) is 0 Å². The zero-order chi connectivity index (χ0) is 32.9. The predicted molar refractivity (Wildman–Crippen MR) is 176 cm³/mol. The number of para-hydroxylation sites is 1. The second kappa shape index (κ2) is 14.0. The number of carboxylic acids is 1. The molecular formula is C35H42N2O7S. The molecule has 0 unspecified atom stereocenters. The molecule has 3 aromatic carbocycles. The number of hydrogen-bond acceptors (Lipinski definition) is 7. The van der Waals surface area contributed by atoms with Gasteiger partial charge < -0.3 is 28.9 Å². The molecule has 0 saturated carbocycles. The zero-order valence-corrected chi connectivity index (χ0v) is 27.7. The van der Waals surface area contributed by atoms with Gasteiger partial charge in [0.2, 0.25) is 0 Å². The highest BCUT2D eigenvalue weighted by Gasteiger charge is 2.29. The number of fused-ring (bicyclic) bond motifs is 1. The van der Waals surface area contributed by atoms with Crippen molar-refractivity contribution in [1.82, 2.24) is 10.0 Å². The van der Waals surface area contributed by atoms with Gasteiger partial charge in [-0.05, 0) is 95.5 Å². The second-order valence-corrected chi connectivity index (χ2v) is 15.0. The zero-order valence-electron chi connectivity index (χ0n) is 26.9. The molecule has 0 radical (unpaired) electrons. The highest BCUT2D eigenvalue weighted by Crippen LogP contribution is 2.36. The molecule has 1 heterocycles. The van der Waals surface area contributed by atoms with Crippen LogP contribution in [0.25, 0.3) is 22.1 Å². The molecule has 3 N–H and O–H groups in total. The smallest absolute Gasteiger partial charge is 0.407 e. The number of carboxylic acid groups (broad SMARTS) is 1. The van der Waals surface area contributed by atoms with Gasteiger partial charge in [0.15, 0.2) is 0 Å². The molecule has 0 aliphatic carbocycles. The van der Waals surface area contributed by atoms with Crippen LogP contribution in [0.15, 0.2) is 71.1 Å². The predicted octanol–water partition coefficient (Wildman–Crippen LogP) is 7.44. The summed E-state index contributed by atoms with van der Waals surface area (Å²) in [5.41, 5.74) is 4.07. The first-order chi connectivity index (χ1) is 21.1. The molecular weight excluding hydrogens is 592 g/mol. The van der Waals surface area contributed by atoms with Crippen LogP contribution >= 0.6 is 0 Å². The highest BCUT2D eigenvalue weighted by atomic mass is 32.2. The number of carbonyl (C=O) groups is 2. The Morgan fingerprint density at radius 2 is 1.71 bits per heavy atom. The van der Waals surface area contributed by atoms with Crippen LogP contribution in [-0.4, -0.2) is 32.1 Å². The van der Waals surface area contributed by atoms with Gasteiger partial charge in [0, 0.05) is 34.4 Å². The summed E-state index contributed by atoms with van der Waals surface area (Å²) in [6, 6.07) is 20.5.